The van der Waals surface area contributed by atoms with Gasteiger partial charge >= 0.3 is 6.18 Å². The third kappa shape index (κ3) is 11.9. The molecule has 1 aromatic heterocycles. The molecule has 4 amide bonds. The summed E-state index contributed by atoms with van der Waals surface area (Å²) >= 11 is 5.67. The van der Waals surface area contributed by atoms with E-state index in [4.69, 9.17) is 21.7 Å². The number of hydrogen-bond donors (Lipinski definition) is 4. The van der Waals surface area contributed by atoms with Crippen LogP contribution in [-0.4, -0.2) is 99.0 Å². The predicted octanol–water partition coefficient (Wildman–Crippen LogP) is 7.54. The molecule has 7 rings (SSSR count). The number of aromatic amines is 1. The molecule has 2 aliphatic rings. The van der Waals surface area contributed by atoms with Gasteiger partial charge < -0.3 is 35.0 Å². The van der Waals surface area contributed by atoms with Gasteiger partial charge in [0.05, 0.1) is 41.3 Å². The lowest BCUT2D eigenvalue weighted by Crippen LogP contribution is -2.58. The van der Waals surface area contributed by atoms with Crippen LogP contribution in [0.2, 0.25) is 0 Å². The molecule has 4 N–H and O–H groups in total. The average Bonchev–Trinajstić information content (AvgIpc) is 4.06. The molecule has 3 atom stereocenters. The Morgan fingerprint density at radius 2 is 1.56 bits per heavy atom. The summed E-state index contributed by atoms with van der Waals surface area (Å²) in [5.74, 6) is -1.22. The number of rotatable bonds is 17. The third-order valence-electron chi connectivity index (χ3n) is 12.4. The number of ether oxygens (including phenoxy) is 2. The molecular formula is C52H55F3N8O7S. The van der Waals surface area contributed by atoms with Gasteiger partial charge in [-0.2, -0.15) is 23.5 Å². The second-order valence-corrected chi connectivity index (χ2v) is 19.3. The Bertz CT molecular complexity index is 2770. The summed E-state index contributed by atoms with van der Waals surface area (Å²) in [4.78, 5) is 58.1. The molecule has 71 heavy (non-hydrogen) atoms. The summed E-state index contributed by atoms with van der Waals surface area (Å²) in [6.45, 7) is 9.29. The van der Waals surface area contributed by atoms with Gasteiger partial charge in [-0.25, -0.2) is 0 Å². The quantitative estimate of drug-likeness (QED) is 0.0532. The number of aliphatic hydroxyl groups excluding tert-OH is 1. The van der Waals surface area contributed by atoms with Crippen LogP contribution in [0.5, 0.6) is 5.75 Å². The number of unbranched alkanes of at least 4 members (excludes halogenated alkanes) is 1. The van der Waals surface area contributed by atoms with Gasteiger partial charge in [-0.05, 0) is 115 Å². The summed E-state index contributed by atoms with van der Waals surface area (Å²) in [6.07, 6.45) is -2.73. The minimum absolute atomic E-state index is 0.00229. The van der Waals surface area contributed by atoms with Crippen molar-refractivity contribution in [2.45, 2.75) is 90.3 Å². The fourth-order valence-corrected chi connectivity index (χ4v) is 9.04. The molecule has 2 aliphatic heterocycles. The van der Waals surface area contributed by atoms with Gasteiger partial charge in [0.15, 0.2) is 5.11 Å². The van der Waals surface area contributed by atoms with E-state index in [2.05, 4.69) is 20.8 Å². The smallest absolute Gasteiger partial charge is 0.417 e. The number of carbonyl (C=O) groups is 4. The van der Waals surface area contributed by atoms with Crippen molar-refractivity contribution < 1.29 is 46.9 Å². The summed E-state index contributed by atoms with van der Waals surface area (Å²) < 4.78 is 52.9. The number of nitrogens with zero attached hydrogens (tertiary/aromatic N) is 5. The SMILES string of the molecule is CC(C)(C)[C@H](NC(=O)COCCCCOc1ccc(-c2ccc(N3C(=S)N(c4ccc(C#N)c(C(F)(F)F)c4)C(=O)C3(C)C)cc2)cc1)C(=O)N1C[C@H](O)C[C@H]1C(=O)NCc1ccc(-c2ccn[nH]2)cc1. The topological polar surface area (TPSA) is 193 Å². The van der Waals surface area contributed by atoms with Gasteiger partial charge in [0.2, 0.25) is 17.7 Å². The molecule has 0 spiro atoms. The number of amides is 4. The summed E-state index contributed by atoms with van der Waals surface area (Å²) in [7, 11) is 0. The maximum atomic E-state index is 14.0. The van der Waals surface area contributed by atoms with Crippen LogP contribution in [0.1, 0.15) is 70.6 Å². The van der Waals surface area contributed by atoms with Crippen LogP contribution in [-0.2, 0) is 36.6 Å². The fraction of sp³-hybridized carbons (Fsp3) is 0.365. The maximum Gasteiger partial charge on any atom is 0.417 e. The van der Waals surface area contributed by atoms with E-state index in [9.17, 15) is 42.7 Å². The first-order valence-corrected chi connectivity index (χ1v) is 23.4. The fourth-order valence-electron chi connectivity index (χ4n) is 8.52. The molecule has 3 heterocycles. The minimum Gasteiger partial charge on any atom is -0.494 e. The van der Waals surface area contributed by atoms with E-state index in [1.807, 2.05) is 87.5 Å². The van der Waals surface area contributed by atoms with Gasteiger partial charge in [-0.15, -0.1) is 0 Å². The van der Waals surface area contributed by atoms with Gasteiger partial charge in [0.25, 0.3) is 5.91 Å². The number of hydrogen-bond acceptors (Lipinski definition) is 10. The maximum absolute atomic E-state index is 14.0. The van der Waals surface area contributed by atoms with Gasteiger partial charge in [0.1, 0.15) is 30.0 Å². The van der Waals surface area contributed by atoms with E-state index < -0.39 is 70.1 Å². The normalized spacial score (nSPS) is 17.3. The molecule has 15 nitrogen and oxygen atoms in total. The van der Waals surface area contributed by atoms with Gasteiger partial charge in [0, 0.05) is 38.0 Å². The number of anilines is 2. The number of benzene rings is 4. The zero-order valence-corrected chi connectivity index (χ0v) is 40.7. The number of H-pyrrole nitrogens is 1. The molecule has 4 aromatic carbocycles. The molecule has 0 saturated carbocycles. The number of β-amino-alcohol motifs (C(OH)–C–C–N with tert-alkyl or cyclic N) is 1. The standard InChI is InChI=1S/C52H55F3N8O7S/c1-50(2,3)45(47(67)61-30-39(64)27-43(61)46(66)57-29-32-8-10-35(11-9-32)42-22-23-58-60-42)59-44(65)31-69-24-6-7-25-70-40-20-15-34(16-21-40)33-12-17-37(18-13-33)63-49(71)62(48(68)51(63,4)5)38-19-14-36(28-56)41(26-38)52(53,54)55/h8-23,26,39,43,45,64H,6-7,24-25,27,29-31H2,1-5H3,(H,57,66)(H,58,60)(H,59,65)/t39-,43+,45-/m1/s1. The van der Waals surface area contributed by atoms with E-state index in [1.165, 1.54) is 11.0 Å². The number of alkyl halides is 3. The number of thiocarbonyl (C=S) groups is 1. The third-order valence-corrected chi connectivity index (χ3v) is 12.7. The van der Waals surface area contributed by atoms with Crippen LogP contribution < -0.4 is 25.2 Å². The molecule has 2 fully saturated rings. The van der Waals surface area contributed by atoms with E-state index in [-0.39, 0.29) is 43.5 Å². The second-order valence-electron chi connectivity index (χ2n) is 19.0. The van der Waals surface area contributed by atoms with Crippen LogP contribution in [0.25, 0.3) is 22.4 Å². The molecule has 5 aromatic rings. The number of halogens is 3. The monoisotopic (exact) mass is 992 g/mol. The Balaban J connectivity index is 0.841. The van der Waals surface area contributed by atoms with Crippen molar-refractivity contribution in [3.8, 4) is 34.2 Å². The number of aromatic nitrogens is 2. The first-order chi connectivity index (χ1) is 33.7. The Hall–Kier alpha value is -7.14. The molecule has 0 radical (unpaired) electrons. The average molecular weight is 993 g/mol. The summed E-state index contributed by atoms with van der Waals surface area (Å²) in [5, 5.41) is 32.4. The Labute approximate surface area is 414 Å². The molecule has 372 valence electrons. The molecule has 19 heteroatoms. The van der Waals surface area contributed by atoms with Crippen LogP contribution in [0.15, 0.2) is 103 Å². The highest BCUT2D eigenvalue weighted by Crippen LogP contribution is 2.40. The van der Waals surface area contributed by atoms with E-state index in [1.54, 1.807) is 43.1 Å². The predicted molar refractivity (Wildman–Crippen MR) is 264 cm³/mol. The lowest BCUT2D eigenvalue weighted by Gasteiger charge is -2.35. The van der Waals surface area contributed by atoms with Crippen LogP contribution in [0, 0.1) is 16.7 Å². The summed E-state index contributed by atoms with van der Waals surface area (Å²) in [5.41, 5.74) is 1.23. The highest BCUT2D eigenvalue weighted by atomic mass is 32.1. The van der Waals surface area contributed by atoms with Gasteiger partial charge in [-0.3, -0.25) is 29.2 Å². The zero-order valence-electron chi connectivity index (χ0n) is 39.9. The number of likely N-dealkylation sites (tertiary alicyclic amines) is 1. The zero-order chi connectivity index (χ0) is 51.3. The Morgan fingerprint density at radius 3 is 2.18 bits per heavy atom. The summed E-state index contributed by atoms with van der Waals surface area (Å²) in [6, 6.07) is 26.9. The molecule has 2 saturated heterocycles. The number of carbonyl (C=O) groups excluding carboxylic acids is 4. The first kappa shape index (κ1) is 51.7. The lowest BCUT2D eigenvalue weighted by molar-refractivity contribution is -0.144. The number of nitrogens with one attached hydrogen (secondary N) is 3. The van der Waals surface area contributed by atoms with E-state index >= 15 is 0 Å². The highest BCUT2D eigenvalue weighted by Gasteiger charge is 2.51. The van der Waals surface area contributed by atoms with Crippen molar-refractivity contribution in [1.29, 1.82) is 5.26 Å². The Morgan fingerprint density at radius 1 is 0.930 bits per heavy atom. The number of aliphatic hydroxyl groups is 1. The van der Waals surface area contributed by atoms with Crippen molar-refractivity contribution in [2.75, 3.05) is 36.2 Å². The van der Waals surface area contributed by atoms with Gasteiger partial charge in [-0.1, -0.05) is 69.3 Å². The van der Waals surface area contributed by atoms with Crippen molar-refractivity contribution in [3.63, 3.8) is 0 Å². The minimum atomic E-state index is -4.81. The van der Waals surface area contributed by atoms with Crippen molar-refractivity contribution in [2.24, 2.45) is 5.41 Å². The first-order valence-electron chi connectivity index (χ1n) is 23.0. The van der Waals surface area contributed by atoms with Crippen LogP contribution in [0.4, 0.5) is 24.5 Å². The van der Waals surface area contributed by atoms with Crippen molar-refractivity contribution >= 4 is 52.3 Å². The van der Waals surface area contributed by atoms with Crippen LogP contribution >= 0.6 is 12.2 Å². The van der Waals surface area contributed by atoms with E-state index in [0.717, 1.165) is 45.0 Å². The Kier molecular flexibility index (Phi) is 15.6. The highest BCUT2D eigenvalue weighted by molar-refractivity contribution is 7.81. The number of nitriles is 1. The largest absolute Gasteiger partial charge is 0.494 e. The molecular weight excluding hydrogens is 938 g/mol. The van der Waals surface area contributed by atoms with Crippen LogP contribution in [0.3, 0.4) is 0 Å². The molecule has 0 aliphatic carbocycles. The second kappa shape index (κ2) is 21.5. The molecule has 0 bridgehead atoms. The van der Waals surface area contributed by atoms with Crippen molar-refractivity contribution in [1.82, 2.24) is 25.7 Å². The van der Waals surface area contributed by atoms with Crippen molar-refractivity contribution in [3.05, 3.63) is 120 Å². The lowest BCUT2D eigenvalue weighted by atomic mass is 9.85. The van der Waals surface area contributed by atoms with E-state index in [0.29, 0.717) is 30.9 Å². The molecule has 0 unspecified atom stereocenters.